The van der Waals surface area contributed by atoms with Crippen LogP contribution in [0.1, 0.15) is 21.3 Å². The summed E-state index contributed by atoms with van der Waals surface area (Å²) in [6, 6.07) is 7.20. The number of carbonyl (C=O) groups is 2. The van der Waals surface area contributed by atoms with Gasteiger partial charge in [0.15, 0.2) is 6.04 Å². The standard InChI is InChI=1S/C13H10N2O5S/c16-12(8-3-1-4-9(7-8)15(19)20)14-11(13(17)18)10-5-2-6-21-10/h1-7,11H,(H,14,16)(H,17,18). The Kier molecular flexibility index (Phi) is 4.29. The number of non-ortho nitro benzene ring substituents is 1. The summed E-state index contributed by atoms with van der Waals surface area (Å²) in [6.45, 7) is 0. The molecule has 0 aliphatic heterocycles. The van der Waals surface area contributed by atoms with Crippen molar-refractivity contribution in [3.63, 3.8) is 0 Å². The van der Waals surface area contributed by atoms with E-state index in [-0.39, 0.29) is 11.3 Å². The monoisotopic (exact) mass is 306 g/mol. The number of nitrogens with one attached hydrogen (secondary N) is 1. The number of rotatable bonds is 5. The molecule has 0 fully saturated rings. The lowest BCUT2D eigenvalue weighted by Crippen LogP contribution is -2.33. The van der Waals surface area contributed by atoms with Crippen molar-refractivity contribution in [2.75, 3.05) is 0 Å². The molecule has 1 atom stereocenters. The third kappa shape index (κ3) is 3.42. The number of nitro groups is 1. The summed E-state index contributed by atoms with van der Waals surface area (Å²) in [4.78, 5) is 33.8. The van der Waals surface area contributed by atoms with Crippen molar-refractivity contribution in [3.05, 3.63) is 62.3 Å². The maximum absolute atomic E-state index is 12.0. The first-order chi connectivity index (χ1) is 9.99. The molecule has 1 heterocycles. The average molecular weight is 306 g/mol. The van der Waals surface area contributed by atoms with Crippen LogP contribution >= 0.6 is 11.3 Å². The van der Waals surface area contributed by atoms with Gasteiger partial charge in [0, 0.05) is 22.6 Å². The lowest BCUT2D eigenvalue weighted by Gasteiger charge is -2.12. The van der Waals surface area contributed by atoms with E-state index in [4.69, 9.17) is 5.11 Å². The molecule has 0 aliphatic rings. The van der Waals surface area contributed by atoms with E-state index in [9.17, 15) is 19.7 Å². The van der Waals surface area contributed by atoms with Gasteiger partial charge in [-0.3, -0.25) is 14.9 Å². The lowest BCUT2D eigenvalue weighted by molar-refractivity contribution is -0.384. The third-order valence-electron chi connectivity index (χ3n) is 2.67. The second kappa shape index (κ2) is 6.14. The van der Waals surface area contributed by atoms with Gasteiger partial charge < -0.3 is 10.4 Å². The molecule has 0 saturated carbocycles. The average Bonchev–Trinajstić information content (AvgIpc) is 2.98. The molecule has 1 amide bonds. The fourth-order valence-corrected chi connectivity index (χ4v) is 2.45. The number of carbonyl (C=O) groups excluding carboxylic acids is 1. The van der Waals surface area contributed by atoms with Gasteiger partial charge in [0.25, 0.3) is 11.6 Å². The number of aliphatic carboxylic acids is 1. The summed E-state index contributed by atoms with van der Waals surface area (Å²) < 4.78 is 0. The molecule has 2 N–H and O–H groups in total. The highest BCUT2D eigenvalue weighted by Crippen LogP contribution is 2.20. The highest BCUT2D eigenvalue weighted by Gasteiger charge is 2.24. The Bertz CT molecular complexity index is 684. The van der Waals surface area contributed by atoms with Crippen LogP contribution in [0.2, 0.25) is 0 Å². The van der Waals surface area contributed by atoms with Crippen molar-refractivity contribution in [1.29, 1.82) is 0 Å². The Labute approximate surface area is 123 Å². The minimum Gasteiger partial charge on any atom is -0.479 e. The van der Waals surface area contributed by atoms with Gasteiger partial charge in [-0.25, -0.2) is 4.79 Å². The molecular weight excluding hydrogens is 296 g/mol. The summed E-state index contributed by atoms with van der Waals surface area (Å²) in [5.41, 5.74) is -0.197. The van der Waals surface area contributed by atoms with E-state index in [1.165, 1.54) is 29.5 Å². The van der Waals surface area contributed by atoms with Gasteiger partial charge in [0.2, 0.25) is 0 Å². The molecule has 8 heteroatoms. The van der Waals surface area contributed by atoms with Gasteiger partial charge in [-0.1, -0.05) is 12.1 Å². The number of hydrogen-bond donors (Lipinski definition) is 2. The zero-order valence-corrected chi connectivity index (χ0v) is 11.4. The van der Waals surface area contributed by atoms with Crippen LogP contribution in [0.15, 0.2) is 41.8 Å². The Balaban J connectivity index is 2.22. The third-order valence-corrected chi connectivity index (χ3v) is 3.61. The molecule has 7 nitrogen and oxygen atoms in total. The van der Waals surface area contributed by atoms with Crippen molar-refractivity contribution in [1.82, 2.24) is 5.32 Å². The van der Waals surface area contributed by atoms with Crippen molar-refractivity contribution >= 4 is 28.9 Å². The number of thiophene rings is 1. The number of nitro benzene ring substituents is 1. The van der Waals surface area contributed by atoms with Crippen LogP contribution < -0.4 is 5.32 Å². The predicted octanol–water partition coefficient (Wildman–Crippen LogP) is 2.21. The maximum Gasteiger partial charge on any atom is 0.331 e. The highest BCUT2D eigenvalue weighted by molar-refractivity contribution is 7.10. The smallest absolute Gasteiger partial charge is 0.331 e. The maximum atomic E-state index is 12.0. The molecule has 1 aromatic heterocycles. The number of carboxylic acid groups (broad SMARTS) is 1. The molecule has 0 radical (unpaired) electrons. The van der Waals surface area contributed by atoms with Crippen LogP contribution in [0, 0.1) is 10.1 Å². The van der Waals surface area contributed by atoms with Crippen LogP contribution in [0.3, 0.4) is 0 Å². The molecule has 2 aromatic rings. The topological polar surface area (TPSA) is 110 Å². The van der Waals surface area contributed by atoms with E-state index in [2.05, 4.69) is 5.32 Å². The van der Waals surface area contributed by atoms with Crippen LogP contribution in [0.4, 0.5) is 5.69 Å². The van der Waals surface area contributed by atoms with E-state index in [0.717, 1.165) is 6.07 Å². The summed E-state index contributed by atoms with van der Waals surface area (Å²) in [5.74, 6) is -1.88. The molecule has 0 bridgehead atoms. The first-order valence-electron chi connectivity index (χ1n) is 5.80. The summed E-state index contributed by atoms with van der Waals surface area (Å²) in [5, 5.41) is 23.9. The van der Waals surface area contributed by atoms with E-state index in [1.54, 1.807) is 17.5 Å². The second-order valence-corrected chi connectivity index (χ2v) is 5.05. The molecule has 1 aromatic carbocycles. The molecule has 108 valence electrons. The lowest BCUT2D eigenvalue weighted by atomic mass is 10.1. The van der Waals surface area contributed by atoms with Crippen LogP contribution in [-0.2, 0) is 4.79 Å². The molecule has 0 saturated heterocycles. The van der Waals surface area contributed by atoms with E-state index >= 15 is 0 Å². The van der Waals surface area contributed by atoms with Crippen LogP contribution in [0.25, 0.3) is 0 Å². The van der Waals surface area contributed by atoms with Gasteiger partial charge in [-0.05, 0) is 17.5 Å². The molecule has 0 aliphatic carbocycles. The number of amides is 1. The van der Waals surface area contributed by atoms with Gasteiger partial charge in [-0.15, -0.1) is 11.3 Å². The zero-order chi connectivity index (χ0) is 15.4. The number of carboxylic acids is 1. The quantitative estimate of drug-likeness (QED) is 0.650. The zero-order valence-electron chi connectivity index (χ0n) is 10.6. The Morgan fingerprint density at radius 3 is 2.62 bits per heavy atom. The fraction of sp³-hybridized carbons (Fsp3) is 0.0769. The molecule has 1 unspecified atom stereocenters. The number of nitrogens with zero attached hydrogens (tertiary/aromatic N) is 1. The first kappa shape index (κ1) is 14.7. The van der Waals surface area contributed by atoms with Gasteiger partial charge in [0.1, 0.15) is 0 Å². The van der Waals surface area contributed by atoms with E-state index < -0.39 is 22.8 Å². The first-order valence-corrected chi connectivity index (χ1v) is 6.68. The van der Waals surface area contributed by atoms with E-state index in [0.29, 0.717) is 4.88 Å². The van der Waals surface area contributed by atoms with Crippen molar-refractivity contribution in [3.8, 4) is 0 Å². The predicted molar refractivity (Wildman–Crippen MR) is 75.3 cm³/mol. The second-order valence-electron chi connectivity index (χ2n) is 4.07. The molecule has 2 rings (SSSR count). The van der Waals surface area contributed by atoms with Crippen molar-refractivity contribution in [2.45, 2.75) is 6.04 Å². The van der Waals surface area contributed by atoms with E-state index in [1.807, 2.05) is 0 Å². The van der Waals surface area contributed by atoms with Crippen LogP contribution in [0.5, 0.6) is 0 Å². The molecule has 0 spiro atoms. The Hall–Kier alpha value is -2.74. The van der Waals surface area contributed by atoms with Crippen molar-refractivity contribution < 1.29 is 19.6 Å². The largest absolute Gasteiger partial charge is 0.479 e. The van der Waals surface area contributed by atoms with Gasteiger partial charge in [0.05, 0.1) is 4.92 Å². The van der Waals surface area contributed by atoms with Gasteiger partial charge >= 0.3 is 5.97 Å². The highest BCUT2D eigenvalue weighted by atomic mass is 32.1. The SMILES string of the molecule is O=C(NC(C(=O)O)c1cccs1)c1cccc([N+](=O)[O-])c1. The summed E-state index contributed by atoms with van der Waals surface area (Å²) in [6.07, 6.45) is 0. The van der Waals surface area contributed by atoms with Crippen molar-refractivity contribution in [2.24, 2.45) is 0 Å². The minimum atomic E-state index is -1.20. The fourth-order valence-electron chi connectivity index (χ4n) is 1.69. The van der Waals surface area contributed by atoms with Crippen LogP contribution in [-0.4, -0.2) is 21.9 Å². The minimum absolute atomic E-state index is 0.0343. The Morgan fingerprint density at radius 2 is 2.05 bits per heavy atom. The normalized spacial score (nSPS) is 11.6. The molecule has 21 heavy (non-hydrogen) atoms. The number of benzene rings is 1. The van der Waals surface area contributed by atoms with Gasteiger partial charge in [-0.2, -0.15) is 0 Å². The molecular formula is C13H10N2O5S. The summed E-state index contributed by atoms with van der Waals surface area (Å²) >= 11 is 1.20. The summed E-state index contributed by atoms with van der Waals surface area (Å²) in [7, 11) is 0. The number of hydrogen-bond acceptors (Lipinski definition) is 5. The Morgan fingerprint density at radius 1 is 1.29 bits per heavy atom.